The van der Waals surface area contributed by atoms with E-state index in [0.717, 1.165) is 20.7 Å². The molecule has 3 rings (SSSR count). The van der Waals surface area contributed by atoms with Crippen LogP contribution in [0.15, 0.2) is 29.4 Å². The second kappa shape index (κ2) is 8.57. The smallest absolute Gasteiger partial charge is 0.338 e. The first-order valence-corrected chi connectivity index (χ1v) is 10.4. The SMILES string of the molecule is CCOC(=O)c1ccc(NC(=O)CSc2nc(N)c3c(C)c(C)sc3n2)cc1. The number of fused-ring (bicyclic) bond motifs is 1. The number of nitrogens with zero attached hydrogens (tertiary/aromatic N) is 2. The Bertz CT molecular complexity index is 1030. The van der Waals surface area contributed by atoms with Gasteiger partial charge in [0.05, 0.1) is 23.3 Å². The van der Waals surface area contributed by atoms with Crippen LogP contribution in [-0.4, -0.2) is 34.2 Å². The number of hydrogen-bond donors (Lipinski definition) is 2. The van der Waals surface area contributed by atoms with E-state index < -0.39 is 0 Å². The van der Waals surface area contributed by atoms with Gasteiger partial charge >= 0.3 is 5.97 Å². The van der Waals surface area contributed by atoms with E-state index in [-0.39, 0.29) is 17.6 Å². The number of benzene rings is 1. The van der Waals surface area contributed by atoms with Crippen LogP contribution >= 0.6 is 23.1 Å². The van der Waals surface area contributed by atoms with E-state index in [1.165, 1.54) is 11.8 Å². The van der Waals surface area contributed by atoms with Gasteiger partial charge in [0, 0.05) is 10.6 Å². The van der Waals surface area contributed by atoms with E-state index in [1.54, 1.807) is 42.5 Å². The first-order valence-electron chi connectivity index (χ1n) is 8.62. The van der Waals surface area contributed by atoms with Crippen molar-refractivity contribution in [1.82, 2.24) is 9.97 Å². The minimum atomic E-state index is -0.389. The second-order valence-electron chi connectivity index (χ2n) is 5.99. The highest BCUT2D eigenvalue weighted by atomic mass is 32.2. The summed E-state index contributed by atoms with van der Waals surface area (Å²) in [5.41, 5.74) is 8.19. The molecule has 146 valence electrons. The van der Waals surface area contributed by atoms with Crippen LogP contribution in [0.1, 0.15) is 27.7 Å². The molecular weight excluding hydrogens is 396 g/mol. The third-order valence-electron chi connectivity index (χ3n) is 4.05. The minimum Gasteiger partial charge on any atom is -0.462 e. The largest absolute Gasteiger partial charge is 0.462 e. The fraction of sp³-hybridized carbons (Fsp3) is 0.263. The van der Waals surface area contributed by atoms with Gasteiger partial charge in [0.15, 0.2) is 5.16 Å². The van der Waals surface area contributed by atoms with E-state index in [0.29, 0.717) is 28.8 Å². The molecule has 9 heteroatoms. The standard InChI is InChI=1S/C19H20N4O3S2/c1-4-26-18(25)12-5-7-13(8-6-12)21-14(24)9-27-19-22-16(20)15-10(2)11(3)28-17(15)23-19/h5-8H,4,9H2,1-3H3,(H,21,24)(H2,20,22,23). The lowest BCUT2D eigenvalue weighted by molar-refractivity contribution is -0.113. The van der Waals surface area contributed by atoms with Crippen LogP contribution < -0.4 is 11.1 Å². The molecule has 3 N–H and O–H groups in total. The van der Waals surface area contributed by atoms with Crippen LogP contribution in [0.5, 0.6) is 0 Å². The van der Waals surface area contributed by atoms with Crippen molar-refractivity contribution in [2.24, 2.45) is 0 Å². The number of ether oxygens (including phenoxy) is 1. The molecule has 0 spiro atoms. The van der Waals surface area contributed by atoms with Crippen molar-refractivity contribution in [2.75, 3.05) is 23.4 Å². The lowest BCUT2D eigenvalue weighted by atomic mass is 10.2. The quantitative estimate of drug-likeness (QED) is 0.357. The van der Waals surface area contributed by atoms with Gasteiger partial charge in [-0.05, 0) is 50.6 Å². The van der Waals surface area contributed by atoms with Gasteiger partial charge in [-0.1, -0.05) is 11.8 Å². The Hall–Kier alpha value is -2.65. The monoisotopic (exact) mass is 416 g/mol. The van der Waals surface area contributed by atoms with Crippen molar-refractivity contribution in [3.05, 3.63) is 40.3 Å². The average molecular weight is 417 g/mol. The number of nitrogens with one attached hydrogen (secondary N) is 1. The van der Waals surface area contributed by atoms with Gasteiger partial charge in [-0.25, -0.2) is 14.8 Å². The molecule has 0 fully saturated rings. The van der Waals surface area contributed by atoms with E-state index in [4.69, 9.17) is 10.5 Å². The van der Waals surface area contributed by atoms with Gasteiger partial charge in [0.2, 0.25) is 5.91 Å². The predicted molar refractivity (Wildman–Crippen MR) is 113 cm³/mol. The lowest BCUT2D eigenvalue weighted by Crippen LogP contribution is -2.14. The van der Waals surface area contributed by atoms with Gasteiger partial charge < -0.3 is 15.8 Å². The number of aryl methyl sites for hydroxylation is 2. The van der Waals surface area contributed by atoms with Crippen LogP contribution in [0.25, 0.3) is 10.2 Å². The number of carbonyl (C=O) groups excluding carboxylic acids is 2. The third kappa shape index (κ3) is 4.42. The number of nitrogens with two attached hydrogens (primary N) is 1. The molecule has 0 radical (unpaired) electrons. The normalized spacial score (nSPS) is 10.8. The van der Waals surface area contributed by atoms with E-state index in [9.17, 15) is 9.59 Å². The Morgan fingerprint density at radius 2 is 1.93 bits per heavy atom. The van der Waals surface area contributed by atoms with Crippen molar-refractivity contribution in [1.29, 1.82) is 0 Å². The number of rotatable bonds is 6. The van der Waals surface area contributed by atoms with Gasteiger partial charge in [0.1, 0.15) is 10.6 Å². The summed E-state index contributed by atoms with van der Waals surface area (Å²) in [5, 5.41) is 4.14. The number of carbonyl (C=O) groups is 2. The molecule has 2 heterocycles. The molecule has 0 aliphatic heterocycles. The number of anilines is 2. The summed E-state index contributed by atoms with van der Waals surface area (Å²) < 4.78 is 4.93. The van der Waals surface area contributed by atoms with Crippen molar-refractivity contribution in [3.63, 3.8) is 0 Å². The molecule has 28 heavy (non-hydrogen) atoms. The minimum absolute atomic E-state index is 0.147. The highest BCUT2D eigenvalue weighted by molar-refractivity contribution is 7.99. The molecule has 0 aliphatic carbocycles. The number of aromatic nitrogens is 2. The van der Waals surface area contributed by atoms with Crippen LogP contribution in [0.4, 0.5) is 11.5 Å². The number of thioether (sulfide) groups is 1. The molecule has 0 bridgehead atoms. The first kappa shape index (κ1) is 20.1. The summed E-state index contributed by atoms with van der Waals surface area (Å²) in [6, 6.07) is 6.54. The molecule has 0 saturated carbocycles. The highest BCUT2D eigenvalue weighted by Crippen LogP contribution is 2.33. The maximum atomic E-state index is 12.2. The van der Waals surface area contributed by atoms with Gasteiger partial charge in [-0.15, -0.1) is 11.3 Å². The van der Waals surface area contributed by atoms with Gasteiger partial charge in [0.25, 0.3) is 0 Å². The molecule has 2 aromatic heterocycles. The fourth-order valence-electron chi connectivity index (χ4n) is 2.56. The third-order valence-corrected chi connectivity index (χ3v) is 6.00. The van der Waals surface area contributed by atoms with Gasteiger partial charge in [-0.3, -0.25) is 4.79 Å². The molecule has 0 unspecified atom stereocenters. The molecule has 1 amide bonds. The van der Waals surface area contributed by atoms with Crippen LogP contribution in [0.3, 0.4) is 0 Å². The molecule has 0 aliphatic rings. The Balaban J connectivity index is 1.61. The van der Waals surface area contributed by atoms with E-state index in [1.807, 2.05) is 13.8 Å². The van der Waals surface area contributed by atoms with Crippen molar-refractivity contribution < 1.29 is 14.3 Å². The second-order valence-corrected chi connectivity index (χ2v) is 8.14. The summed E-state index contributed by atoms with van der Waals surface area (Å²) >= 11 is 2.79. The van der Waals surface area contributed by atoms with Crippen LogP contribution in [-0.2, 0) is 9.53 Å². The number of nitrogen functional groups attached to an aromatic ring is 1. The summed E-state index contributed by atoms with van der Waals surface area (Å²) in [6.07, 6.45) is 0. The molecular formula is C19H20N4O3S2. The number of thiophene rings is 1. The molecule has 1 aromatic carbocycles. The summed E-state index contributed by atoms with van der Waals surface area (Å²) in [4.78, 5) is 34.7. The van der Waals surface area contributed by atoms with E-state index in [2.05, 4.69) is 15.3 Å². The Morgan fingerprint density at radius 3 is 2.61 bits per heavy atom. The predicted octanol–water partition coefficient (Wildman–Crippen LogP) is 3.80. The van der Waals surface area contributed by atoms with Crippen molar-refractivity contribution in [2.45, 2.75) is 25.9 Å². The zero-order chi connectivity index (χ0) is 20.3. The lowest BCUT2D eigenvalue weighted by Gasteiger charge is -2.07. The molecule has 3 aromatic rings. The average Bonchev–Trinajstić information content (AvgIpc) is 2.95. The summed E-state index contributed by atoms with van der Waals surface area (Å²) in [7, 11) is 0. The molecule has 0 atom stereocenters. The summed E-state index contributed by atoms with van der Waals surface area (Å²) in [6.45, 7) is 6.09. The zero-order valence-electron chi connectivity index (χ0n) is 15.7. The first-order chi connectivity index (χ1) is 13.4. The van der Waals surface area contributed by atoms with E-state index >= 15 is 0 Å². The Kier molecular flexibility index (Phi) is 6.15. The van der Waals surface area contributed by atoms with Crippen molar-refractivity contribution >= 4 is 56.7 Å². The molecule has 0 saturated heterocycles. The van der Waals surface area contributed by atoms with Crippen LogP contribution in [0.2, 0.25) is 0 Å². The summed E-state index contributed by atoms with van der Waals surface area (Å²) in [5.74, 6) is -0.00685. The van der Waals surface area contributed by atoms with Crippen LogP contribution in [0, 0.1) is 13.8 Å². The van der Waals surface area contributed by atoms with Crippen molar-refractivity contribution in [3.8, 4) is 0 Å². The fourth-order valence-corrected chi connectivity index (χ4v) is 4.30. The number of amides is 1. The number of hydrogen-bond acceptors (Lipinski definition) is 8. The number of esters is 1. The zero-order valence-corrected chi connectivity index (χ0v) is 17.4. The topological polar surface area (TPSA) is 107 Å². The molecule has 7 nitrogen and oxygen atoms in total. The Morgan fingerprint density at radius 1 is 1.21 bits per heavy atom. The highest BCUT2D eigenvalue weighted by Gasteiger charge is 2.14. The Labute approximate surface area is 170 Å². The maximum Gasteiger partial charge on any atom is 0.338 e. The van der Waals surface area contributed by atoms with Gasteiger partial charge in [-0.2, -0.15) is 0 Å². The maximum absolute atomic E-state index is 12.2.